The van der Waals surface area contributed by atoms with Gasteiger partial charge in [0, 0.05) is 17.0 Å². The summed E-state index contributed by atoms with van der Waals surface area (Å²) in [6, 6.07) is 4.79. The molecule has 5 rings (SSSR count). The molecule has 2 aliphatic heterocycles. The molecule has 7 nitrogen and oxygen atoms in total. The van der Waals surface area contributed by atoms with E-state index >= 15 is 0 Å². The zero-order chi connectivity index (χ0) is 26.4. The number of pyridine rings is 2. The van der Waals surface area contributed by atoms with Gasteiger partial charge in [-0.25, -0.2) is 14.2 Å². The fraction of sp³-hybridized carbons (Fsp3) is 0.444. The Labute approximate surface area is 209 Å². The largest absolute Gasteiger partial charge is 0.494 e. The van der Waals surface area contributed by atoms with E-state index in [-0.39, 0.29) is 40.5 Å². The van der Waals surface area contributed by atoms with Gasteiger partial charge in [0.25, 0.3) is 5.56 Å². The molecule has 0 saturated carbocycles. The first-order chi connectivity index (χ1) is 16.8. The maximum atomic E-state index is 14.8. The number of nitrogens with zero attached hydrogens (tertiary/aromatic N) is 2. The molecule has 2 aliphatic rings. The molecule has 36 heavy (non-hydrogen) atoms. The number of hydrogen-bond donors (Lipinski definition) is 1. The highest BCUT2D eigenvalue weighted by atomic mass is 28.3. The lowest BCUT2D eigenvalue weighted by Crippen LogP contribution is -2.51. The van der Waals surface area contributed by atoms with E-state index in [0.29, 0.717) is 23.4 Å². The van der Waals surface area contributed by atoms with Crippen LogP contribution < -0.4 is 15.5 Å². The van der Waals surface area contributed by atoms with Gasteiger partial charge in [0.15, 0.2) is 17.2 Å². The van der Waals surface area contributed by atoms with Gasteiger partial charge in [0.1, 0.15) is 6.61 Å². The second-order valence-corrected chi connectivity index (χ2v) is 16.5. The first kappa shape index (κ1) is 24.6. The van der Waals surface area contributed by atoms with E-state index in [1.807, 2.05) is 0 Å². The lowest BCUT2D eigenvalue weighted by atomic mass is 9.86. The summed E-state index contributed by atoms with van der Waals surface area (Å²) in [5.74, 6) is -1.12. The minimum atomic E-state index is -2.25. The van der Waals surface area contributed by atoms with Crippen molar-refractivity contribution in [3.05, 3.63) is 51.1 Å². The van der Waals surface area contributed by atoms with Gasteiger partial charge >= 0.3 is 5.97 Å². The van der Waals surface area contributed by atoms with E-state index in [9.17, 15) is 19.1 Å². The van der Waals surface area contributed by atoms with Crippen LogP contribution in [0.25, 0.3) is 22.3 Å². The van der Waals surface area contributed by atoms with E-state index in [2.05, 4.69) is 33.9 Å². The summed E-state index contributed by atoms with van der Waals surface area (Å²) < 4.78 is 26.9. The summed E-state index contributed by atoms with van der Waals surface area (Å²) in [5, 5.41) is 13.0. The van der Waals surface area contributed by atoms with E-state index in [4.69, 9.17) is 14.5 Å². The monoisotopic (exact) mass is 510 g/mol. The minimum Gasteiger partial charge on any atom is -0.494 e. The SMILES string of the molecule is CC[C@@]1(O)C(=O)OCc2c1cc1n(c2=O)Cc2c-1nc1cc(F)c(OC)cc1c2[Si](C)(C)C(C)(C)C. The third-order valence-corrected chi connectivity index (χ3v) is 14.0. The van der Waals surface area contributed by atoms with Gasteiger partial charge in [0.2, 0.25) is 0 Å². The molecule has 9 heteroatoms. The Balaban J connectivity index is 1.90. The van der Waals surface area contributed by atoms with Crippen molar-refractivity contribution < 1.29 is 23.8 Å². The molecule has 0 aliphatic carbocycles. The zero-order valence-corrected chi connectivity index (χ0v) is 22.7. The number of fused-ring (bicyclic) bond motifs is 5. The average Bonchev–Trinajstić information content (AvgIpc) is 3.17. The van der Waals surface area contributed by atoms with Gasteiger partial charge in [-0.2, -0.15) is 0 Å². The van der Waals surface area contributed by atoms with E-state index in [0.717, 1.165) is 16.1 Å². The van der Waals surface area contributed by atoms with Crippen LogP contribution in [0.5, 0.6) is 5.75 Å². The number of rotatable bonds is 3. The molecule has 1 atom stereocenters. The van der Waals surface area contributed by atoms with Crippen LogP contribution in [-0.4, -0.2) is 35.8 Å². The Bertz CT molecular complexity index is 1520. The number of ether oxygens (including phenoxy) is 2. The van der Waals surface area contributed by atoms with E-state index in [1.165, 1.54) is 13.2 Å². The molecular formula is C27H31FN2O5Si. The lowest BCUT2D eigenvalue weighted by Gasteiger charge is -2.39. The molecule has 0 amide bonds. The van der Waals surface area contributed by atoms with Crippen LogP contribution in [0.3, 0.4) is 0 Å². The molecule has 1 N–H and O–H groups in total. The Morgan fingerprint density at radius 3 is 2.53 bits per heavy atom. The third-order valence-electron chi connectivity index (χ3n) is 8.46. The maximum absolute atomic E-state index is 14.8. The smallest absolute Gasteiger partial charge is 0.343 e. The van der Waals surface area contributed by atoms with Crippen LogP contribution in [0.1, 0.15) is 50.8 Å². The second kappa shape index (κ2) is 7.73. The van der Waals surface area contributed by atoms with Crippen molar-refractivity contribution in [2.45, 2.75) is 71.0 Å². The van der Waals surface area contributed by atoms with Crippen molar-refractivity contribution in [2.75, 3.05) is 7.11 Å². The number of benzene rings is 1. The Morgan fingerprint density at radius 1 is 1.22 bits per heavy atom. The van der Waals surface area contributed by atoms with Crippen LogP contribution in [0.4, 0.5) is 4.39 Å². The summed E-state index contributed by atoms with van der Waals surface area (Å²) in [5.41, 5.74) is 0.851. The molecule has 0 spiro atoms. The second-order valence-electron chi connectivity index (χ2n) is 11.3. The van der Waals surface area contributed by atoms with Crippen molar-refractivity contribution in [3.63, 3.8) is 0 Å². The van der Waals surface area contributed by atoms with Gasteiger partial charge in [-0.05, 0) is 34.3 Å². The molecule has 0 unspecified atom stereocenters. The van der Waals surface area contributed by atoms with Gasteiger partial charge in [-0.1, -0.05) is 40.8 Å². The predicted molar refractivity (Wildman–Crippen MR) is 138 cm³/mol. The molecule has 0 radical (unpaired) electrons. The van der Waals surface area contributed by atoms with Gasteiger partial charge in [0.05, 0.1) is 44.2 Å². The molecule has 0 fully saturated rings. The fourth-order valence-electron chi connectivity index (χ4n) is 5.33. The van der Waals surface area contributed by atoms with Crippen molar-refractivity contribution in [3.8, 4) is 17.1 Å². The highest BCUT2D eigenvalue weighted by molar-refractivity contribution is 6.94. The summed E-state index contributed by atoms with van der Waals surface area (Å²) in [7, 11) is -0.812. The summed E-state index contributed by atoms with van der Waals surface area (Å²) in [4.78, 5) is 31.0. The lowest BCUT2D eigenvalue weighted by molar-refractivity contribution is -0.172. The number of aliphatic hydroxyl groups is 1. The van der Waals surface area contributed by atoms with Crippen molar-refractivity contribution in [1.29, 1.82) is 0 Å². The van der Waals surface area contributed by atoms with Gasteiger partial charge in [-0.3, -0.25) is 4.79 Å². The molecule has 190 valence electrons. The van der Waals surface area contributed by atoms with Crippen molar-refractivity contribution in [1.82, 2.24) is 9.55 Å². The summed E-state index contributed by atoms with van der Waals surface area (Å²) >= 11 is 0. The number of esters is 1. The molecule has 0 saturated heterocycles. The Hall–Kier alpha value is -3.04. The number of carbonyl (C=O) groups excluding carboxylic acids is 1. The number of carbonyl (C=O) groups is 1. The van der Waals surface area contributed by atoms with Gasteiger partial charge < -0.3 is 19.1 Å². The number of cyclic esters (lactones) is 1. The van der Waals surface area contributed by atoms with Crippen LogP contribution >= 0.6 is 0 Å². The summed E-state index contributed by atoms with van der Waals surface area (Å²) in [6.45, 7) is 13.0. The van der Waals surface area contributed by atoms with Gasteiger partial charge in [-0.15, -0.1) is 0 Å². The fourth-order valence-corrected chi connectivity index (χ4v) is 7.90. The highest BCUT2D eigenvalue weighted by Crippen LogP contribution is 2.43. The number of aromatic nitrogens is 2. The topological polar surface area (TPSA) is 90.7 Å². The quantitative estimate of drug-likeness (QED) is 0.332. The van der Waals surface area contributed by atoms with Crippen LogP contribution in [0, 0.1) is 5.82 Å². The number of hydrogen-bond acceptors (Lipinski definition) is 6. The van der Waals surface area contributed by atoms with Crippen LogP contribution in [-0.2, 0) is 28.3 Å². The van der Waals surface area contributed by atoms with Crippen molar-refractivity contribution in [2.24, 2.45) is 0 Å². The molecule has 0 bridgehead atoms. The molecular weight excluding hydrogens is 479 g/mol. The highest BCUT2D eigenvalue weighted by Gasteiger charge is 2.47. The molecule has 4 heterocycles. The first-order valence-corrected chi connectivity index (χ1v) is 15.1. The predicted octanol–water partition coefficient (Wildman–Crippen LogP) is 3.94. The van der Waals surface area contributed by atoms with Crippen LogP contribution in [0.15, 0.2) is 23.0 Å². The normalized spacial score (nSPS) is 19.1. The standard InChI is InChI=1S/C27H31FN2O5Si/c1-8-27(33)17-10-20-22-15(12-30(20)24(31)16(17)13-35-25(27)32)23(36(6,7)26(2,3)4)14-9-21(34-5)18(28)11-19(14)29-22/h9-11,33H,8,12-13H2,1-7H3/t27-/m0/s1. The number of methoxy groups -OCH3 is 1. The van der Waals surface area contributed by atoms with E-state index in [1.54, 1.807) is 23.6 Å². The molecule has 2 aromatic heterocycles. The summed E-state index contributed by atoms with van der Waals surface area (Å²) in [6.07, 6.45) is 0.0694. The maximum Gasteiger partial charge on any atom is 0.343 e. The van der Waals surface area contributed by atoms with Crippen LogP contribution in [0.2, 0.25) is 18.1 Å². The Kier molecular flexibility index (Phi) is 5.29. The molecule has 3 aromatic rings. The van der Waals surface area contributed by atoms with Crippen molar-refractivity contribution >= 4 is 30.1 Å². The van der Waals surface area contributed by atoms with E-state index < -0.39 is 25.5 Å². The zero-order valence-electron chi connectivity index (χ0n) is 21.7. The number of halogens is 1. The minimum absolute atomic E-state index is 0.0572. The average molecular weight is 511 g/mol. The first-order valence-electron chi connectivity index (χ1n) is 12.1. The molecule has 1 aromatic carbocycles. The Morgan fingerprint density at radius 2 is 1.92 bits per heavy atom. The third kappa shape index (κ3) is 3.15.